The van der Waals surface area contributed by atoms with Gasteiger partial charge in [-0.1, -0.05) is 20.8 Å². The fourth-order valence-corrected chi connectivity index (χ4v) is 4.74. The van der Waals surface area contributed by atoms with E-state index in [9.17, 15) is 25.5 Å². The summed E-state index contributed by atoms with van der Waals surface area (Å²) in [4.78, 5) is 0. The van der Waals surface area contributed by atoms with Crippen molar-refractivity contribution < 1.29 is 35.0 Å². The molecule has 1 saturated heterocycles. The topological polar surface area (TPSA) is 120 Å². The first-order chi connectivity index (χ1) is 10.6. The standard InChI is InChI=1S/C16H28O7/c1-15(2)7-4-9(18)16(15,3)10(5-7)23-14-13(21)12(20)11(19)8(6-17)22-14/h7-14,17-21H,4-6H2,1-3H3/t7-,8-,9+,10-,11-,12+,13-,14+,16+/m1/s1. The SMILES string of the molecule is CC1(C)[C@@H]2C[C@H](O)[C@@]1(C)[C@H](O[C@@H]1O[C@H](CO)[C@@H](O)[C@H](O)[C@H]1O)C2. The predicted molar refractivity (Wildman–Crippen MR) is 79.3 cm³/mol. The third kappa shape index (κ3) is 2.29. The molecule has 2 bridgehead atoms. The maximum atomic E-state index is 10.5. The zero-order valence-corrected chi connectivity index (χ0v) is 13.8. The van der Waals surface area contributed by atoms with Gasteiger partial charge in [0.05, 0.1) is 18.8 Å². The van der Waals surface area contributed by atoms with Crippen molar-refractivity contribution in [2.24, 2.45) is 16.7 Å². The van der Waals surface area contributed by atoms with Gasteiger partial charge in [0, 0.05) is 5.41 Å². The van der Waals surface area contributed by atoms with E-state index in [1.165, 1.54) is 0 Å². The van der Waals surface area contributed by atoms with Crippen molar-refractivity contribution in [3.8, 4) is 0 Å². The summed E-state index contributed by atoms with van der Waals surface area (Å²) in [6.45, 7) is 5.73. The van der Waals surface area contributed by atoms with E-state index >= 15 is 0 Å². The third-order valence-electron chi connectivity index (χ3n) is 6.92. The molecule has 0 unspecified atom stereocenters. The summed E-state index contributed by atoms with van der Waals surface area (Å²) >= 11 is 0. The number of aliphatic hydroxyl groups excluding tert-OH is 5. The highest BCUT2D eigenvalue weighted by Gasteiger charge is 2.67. The molecule has 0 spiro atoms. The van der Waals surface area contributed by atoms with Crippen LogP contribution in [0.5, 0.6) is 0 Å². The first kappa shape index (κ1) is 17.5. The van der Waals surface area contributed by atoms with E-state index in [1.54, 1.807) is 0 Å². The van der Waals surface area contributed by atoms with Gasteiger partial charge in [-0.15, -0.1) is 0 Å². The van der Waals surface area contributed by atoms with Crippen molar-refractivity contribution in [3.05, 3.63) is 0 Å². The number of aliphatic hydroxyl groups is 5. The van der Waals surface area contributed by atoms with Gasteiger partial charge in [0.25, 0.3) is 0 Å². The van der Waals surface area contributed by atoms with Crippen LogP contribution in [-0.2, 0) is 9.47 Å². The van der Waals surface area contributed by atoms with Crippen molar-refractivity contribution in [1.29, 1.82) is 0 Å². The van der Waals surface area contributed by atoms with Gasteiger partial charge in [-0.2, -0.15) is 0 Å². The molecule has 23 heavy (non-hydrogen) atoms. The van der Waals surface area contributed by atoms with E-state index in [4.69, 9.17) is 9.47 Å². The highest BCUT2D eigenvalue weighted by atomic mass is 16.7. The van der Waals surface area contributed by atoms with Crippen molar-refractivity contribution >= 4 is 0 Å². The molecule has 0 amide bonds. The first-order valence-corrected chi connectivity index (χ1v) is 8.28. The van der Waals surface area contributed by atoms with E-state index in [0.29, 0.717) is 5.92 Å². The highest BCUT2D eigenvalue weighted by Crippen LogP contribution is 2.66. The minimum absolute atomic E-state index is 0.106. The molecule has 3 fully saturated rings. The maximum absolute atomic E-state index is 10.5. The van der Waals surface area contributed by atoms with Crippen LogP contribution in [-0.4, -0.2) is 75.1 Å². The fraction of sp³-hybridized carbons (Fsp3) is 1.00. The van der Waals surface area contributed by atoms with Gasteiger partial charge in [-0.25, -0.2) is 0 Å². The molecule has 2 saturated carbocycles. The minimum Gasteiger partial charge on any atom is -0.394 e. The molecule has 1 heterocycles. The van der Waals surface area contributed by atoms with Gasteiger partial charge in [0.2, 0.25) is 0 Å². The molecule has 9 atom stereocenters. The van der Waals surface area contributed by atoms with Crippen LogP contribution >= 0.6 is 0 Å². The van der Waals surface area contributed by atoms with Crippen LogP contribution in [0.4, 0.5) is 0 Å². The molecule has 2 aliphatic carbocycles. The summed E-state index contributed by atoms with van der Waals surface area (Å²) in [6, 6.07) is 0. The van der Waals surface area contributed by atoms with E-state index in [1.807, 2.05) is 6.92 Å². The average Bonchev–Trinajstić information content (AvgIpc) is 2.79. The zero-order valence-electron chi connectivity index (χ0n) is 13.8. The molecule has 0 aromatic heterocycles. The summed E-state index contributed by atoms with van der Waals surface area (Å²) in [6.07, 6.45) is -5.72. The minimum atomic E-state index is -1.45. The molecule has 1 aliphatic heterocycles. The Morgan fingerprint density at radius 3 is 2.17 bits per heavy atom. The van der Waals surface area contributed by atoms with Crippen molar-refractivity contribution in [1.82, 2.24) is 0 Å². The van der Waals surface area contributed by atoms with Gasteiger partial charge in [-0.05, 0) is 24.2 Å². The summed E-state index contributed by atoms with van der Waals surface area (Å²) in [5, 5.41) is 49.5. The molecule has 7 nitrogen and oxygen atoms in total. The second-order valence-electron chi connectivity index (χ2n) is 8.01. The number of hydrogen-bond acceptors (Lipinski definition) is 7. The molecule has 0 radical (unpaired) electrons. The normalized spacial score (nSPS) is 55.3. The van der Waals surface area contributed by atoms with Crippen LogP contribution in [0.15, 0.2) is 0 Å². The van der Waals surface area contributed by atoms with Gasteiger partial charge in [0.15, 0.2) is 6.29 Å². The van der Waals surface area contributed by atoms with Crippen molar-refractivity contribution in [3.63, 3.8) is 0 Å². The van der Waals surface area contributed by atoms with E-state index < -0.39 is 48.8 Å². The Kier molecular flexibility index (Phi) is 4.29. The smallest absolute Gasteiger partial charge is 0.186 e. The molecule has 3 aliphatic rings. The molecular weight excluding hydrogens is 304 g/mol. The number of ether oxygens (including phenoxy) is 2. The summed E-state index contributed by atoms with van der Waals surface area (Å²) in [7, 11) is 0. The quantitative estimate of drug-likeness (QED) is 0.449. The Morgan fingerprint density at radius 2 is 1.65 bits per heavy atom. The Bertz CT molecular complexity index is 454. The lowest BCUT2D eigenvalue weighted by Gasteiger charge is -2.45. The third-order valence-corrected chi connectivity index (χ3v) is 6.92. The Balaban J connectivity index is 1.77. The van der Waals surface area contributed by atoms with Crippen LogP contribution in [0.2, 0.25) is 0 Å². The first-order valence-electron chi connectivity index (χ1n) is 8.28. The van der Waals surface area contributed by atoms with Crippen LogP contribution in [0.25, 0.3) is 0 Å². The van der Waals surface area contributed by atoms with Crippen LogP contribution < -0.4 is 0 Å². The molecule has 0 aromatic rings. The number of rotatable bonds is 3. The van der Waals surface area contributed by atoms with Crippen molar-refractivity contribution in [2.45, 2.75) is 76.5 Å². The van der Waals surface area contributed by atoms with Crippen LogP contribution in [0.1, 0.15) is 33.6 Å². The summed E-state index contributed by atoms with van der Waals surface area (Å²) in [5.74, 6) is 0.317. The lowest BCUT2D eigenvalue weighted by Crippen LogP contribution is -2.60. The maximum Gasteiger partial charge on any atom is 0.186 e. The molecular formula is C16H28O7. The molecule has 5 N–H and O–H groups in total. The average molecular weight is 332 g/mol. The monoisotopic (exact) mass is 332 g/mol. The lowest BCUT2D eigenvalue weighted by atomic mass is 9.69. The zero-order chi connectivity index (χ0) is 17.2. The Hall–Kier alpha value is -0.280. The molecule has 134 valence electrons. The van der Waals surface area contributed by atoms with Gasteiger partial charge in [0.1, 0.15) is 24.4 Å². The fourth-order valence-electron chi connectivity index (χ4n) is 4.74. The molecule has 3 rings (SSSR count). The summed E-state index contributed by atoms with van der Waals surface area (Å²) in [5.41, 5.74) is -0.582. The number of hydrogen-bond donors (Lipinski definition) is 5. The largest absolute Gasteiger partial charge is 0.394 e. The predicted octanol–water partition coefficient (Wildman–Crippen LogP) is -1.01. The molecule has 0 aromatic carbocycles. The molecule has 7 heteroatoms. The second-order valence-corrected chi connectivity index (χ2v) is 8.01. The lowest BCUT2D eigenvalue weighted by molar-refractivity contribution is -0.322. The van der Waals surface area contributed by atoms with Crippen molar-refractivity contribution in [2.75, 3.05) is 6.61 Å². The van der Waals surface area contributed by atoms with Gasteiger partial charge >= 0.3 is 0 Å². The van der Waals surface area contributed by atoms with Crippen LogP contribution in [0.3, 0.4) is 0 Å². The van der Waals surface area contributed by atoms with Gasteiger partial charge < -0.3 is 35.0 Å². The highest BCUT2D eigenvalue weighted by molar-refractivity contribution is 5.15. The van der Waals surface area contributed by atoms with Gasteiger partial charge in [-0.3, -0.25) is 0 Å². The Labute approximate surface area is 135 Å². The van der Waals surface area contributed by atoms with E-state index in [-0.39, 0.29) is 11.5 Å². The van der Waals surface area contributed by atoms with E-state index in [2.05, 4.69) is 13.8 Å². The van der Waals surface area contributed by atoms with E-state index in [0.717, 1.165) is 12.8 Å². The van der Waals surface area contributed by atoms with Crippen LogP contribution in [0, 0.1) is 16.7 Å². The number of fused-ring (bicyclic) bond motifs is 2. The summed E-state index contributed by atoms with van der Waals surface area (Å²) < 4.78 is 11.4. The second kappa shape index (κ2) is 5.62. The Morgan fingerprint density at radius 1 is 1.00 bits per heavy atom.